The Hall–Kier alpha value is -4.58. The van der Waals surface area contributed by atoms with Crippen molar-refractivity contribution in [1.82, 2.24) is 0 Å². The fourth-order valence-corrected chi connectivity index (χ4v) is 2.97. The molecule has 0 saturated carbocycles. The van der Waals surface area contributed by atoms with Gasteiger partial charge in [-0.05, 0) is 43.5 Å². The van der Waals surface area contributed by atoms with E-state index in [0.29, 0.717) is 24.3 Å². The second-order valence-corrected chi connectivity index (χ2v) is 7.65. The number of nitriles is 1. The van der Waals surface area contributed by atoms with E-state index in [4.69, 9.17) is 16.4 Å². The Labute approximate surface area is 214 Å². The van der Waals surface area contributed by atoms with Crippen molar-refractivity contribution in [1.29, 1.82) is 5.26 Å². The molecule has 0 aliphatic heterocycles. The number of esters is 1. The first-order valence-electron chi connectivity index (χ1n) is 11.1. The molecule has 0 atom stereocenters. The van der Waals surface area contributed by atoms with Crippen LogP contribution in [-0.4, -0.2) is 23.6 Å². The Balaban J connectivity index is 1.75. The summed E-state index contributed by atoms with van der Waals surface area (Å²) in [4.78, 5) is 23.9. The van der Waals surface area contributed by atoms with Crippen molar-refractivity contribution in [2.24, 2.45) is 0 Å². The van der Waals surface area contributed by atoms with Crippen LogP contribution in [0.15, 0.2) is 35.6 Å². The first kappa shape index (κ1) is 29.6. The van der Waals surface area contributed by atoms with Crippen LogP contribution in [0.5, 0.6) is 11.5 Å². The van der Waals surface area contributed by atoms with Crippen molar-refractivity contribution in [2.45, 2.75) is 38.5 Å². The predicted octanol–water partition coefficient (Wildman–Crippen LogP) is 5.61. The zero-order valence-corrected chi connectivity index (χ0v) is 19.8. The van der Waals surface area contributed by atoms with Gasteiger partial charge < -0.3 is 19.9 Å². The molecule has 1 amide bonds. The highest BCUT2D eigenvalue weighted by molar-refractivity contribution is 6.06. The number of nitrogens with one attached hydrogen (secondary N) is 1. The third kappa shape index (κ3) is 7.96. The molecule has 2 aromatic carbocycles. The first-order valence-corrected chi connectivity index (χ1v) is 11.1. The van der Waals surface area contributed by atoms with Crippen molar-refractivity contribution in [3.63, 3.8) is 0 Å². The van der Waals surface area contributed by atoms with Crippen LogP contribution < -0.4 is 14.8 Å². The summed E-state index contributed by atoms with van der Waals surface area (Å²) in [6.07, 6.45) is 6.01. The topological polar surface area (TPSA) is 109 Å². The zero-order valence-electron chi connectivity index (χ0n) is 19.8. The third-order valence-electron chi connectivity index (χ3n) is 4.93. The monoisotopic (exact) mass is 536 g/mol. The number of amides is 1. The van der Waals surface area contributed by atoms with Crippen LogP contribution in [0, 0.1) is 52.8 Å². The summed E-state index contributed by atoms with van der Waals surface area (Å²) in [5, 5.41) is 21.4. The van der Waals surface area contributed by atoms with Gasteiger partial charge in [0, 0.05) is 24.9 Å². The maximum atomic E-state index is 13.6. The summed E-state index contributed by atoms with van der Waals surface area (Å²) in [5.74, 6) is -12.5. The number of ether oxygens (including phenoxy) is 2. The molecule has 0 radical (unpaired) electrons. The third-order valence-corrected chi connectivity index (χ3v) is 4.93. The van der Waals surface area contributed by atoms with Crippen LogP contribution in [0.4, 0.5) is 27.6 Å². The molecule has 38 heavy (non-hydrogen) atoms. The molecule has 0 aliphatic carbocycles. The van der Waals surface area contributed by atoms with Gasteiger partial charge in [0.15, 0.2) is 5.57 Å². The lowest BCUT2D eigenvalue weighted by Gasteiger charge is -2.09. The molecule has 0 heterocycles. The molecular weight excluding hydrogens is 515 g/mol. The molecule has 200 valence electrons. The van der Waals surface area contributed by atoms with Crippen molar-refractivity contribution >= 4 is 17.6 Å². The van der Waals surface area contributed by atoms with Crippen LogP contribution in [0.1, 0.15) is 38.5 Å². The van der Waals surface area contributed by atoms with Gasteiger partial charge in [0.2, 0.25) is 34.8 Å². The van der Waals surface area contributed by atoms with E-state index in [1.807, 2.05) is 0 Å². The van der Waals surface area contributed by atoms with Gasteiger partial charge >= 0.3 is 5.97 Å². The van der Waals surface area contributed by atoms with Crippen LogP contribution >= 0.6 is 0 Å². The van der Waals surface area contributed by atoms with Gasteiger partial charge in [0.1, 0.15) is 17.6 Å². The Kier molecular flexibility index (Phi) is 11.1. The van der Waals surface area contributed by atoms with Gasteiger partial charge in [0.25, 0.3) is 5.91 Å². The van der Waals surface area contributed by atoms with E-state index in [1.54, 1.807) is 18.2 Å². The average molecular weight is 536 g/mol. The van der Waals surface area contributed by atoms with E-state index >= 15 is 0 Å². The highest BCUT2D eigenvalue weighted by Gasteiger charge is 2.28. The largest absolute Gasteiger partial charge is 0.511 e. The molecule has 2 aromatic rings. The van der Waals surface area contributed by atoms with Crippen molar-refractivity contribution in [2.75, 3.05) is 11.9 Å². The summed E-state index contributed by atoms with van der Waals surface area (Å²) in [5.41, 5.74) is -0.108. The highest BCUT2D eigenvalue weighted by Crippen LogP contribution is 2.29. The number of allylic oxidation sites excluding steroid dienone is 1. The molecule has 0 bridgehead atoms. The van der Waals surface area contributed by atoms with E-state index in [-0.39, 0.29) is 32.3 Å². The van der Waals surface area contributed by atoms with Gasteiger partial charge in [-0.2, -0.15) is 14.0 Å². The first-order chi connectivity index (χ1) is 18.1. The number of terminal acetylenes is 1. The number of unbranched alkanes of at least 4 members (excludes halogenated alkanes) is 2. The maximum absolute atomic E-state index is 13.6. The summed E-state index contributed by atoms with van der Waals surface area (Å²) in [6, 6.07) is 7.75. The SMILES string of the molecule is C#CCCC(O)=C(C#N)C(=O)Nc1ccc(OCCCCCC(=O)Oc2c(F)c(F)c(F)c(F)c2F)cc1. The number of rotatable bonds is 12. The number of halogens is 5. The number of hydrogen-bond acceptors (Lipinski definition) is 6. The van der Waals surface area contributed by atoms with Crippen molar-refractivity contribution < 1.29 is 46.1 Å². The molecule has 0 aliphatic rings. The number of carbonyl (C=O) groups is 2. The number of aliphatic hydroxyl groups is 1. The number of benzene rings is 2. The minimum absolute atomic E-state index is 0.00784. The molecule has 12 heteroatoms. The minimum Gasteiger partial charge on any atom is -0.511 e. The summed E-state index contributed by atoms with van der Waals surface area (Å²) in [6.45, 7) is 0.225. The molecule has 7 nitrogen and oxygen atoms in total. The maximum Gasteiger partial charge on any atom is 0.311 e. The van der Waals surface area contributed by atoms with E-state index in [9.17, 15) is 36.6 Å². The number of anilines is 1. The van der Waals surface area contributed by atoms with Gasteiger partial charge in [-0.15, -0.1) is 12.3 Å². The second kappa shape index (κ2) is 14.2. The number of aliphatic hydroxyl groups excluding tert-OH is 1. The Morgan fingerprint density at radius 2 is 1.53 bits per heavy atom. The fraction of sp³-hybridized carbons (Fsp3) is 0.269. The van der Waals surface area contributed by atoms with E-state index in [2.05, 4.69) is 16.0 Å². The lowest BCUT2D eigenvalue weighted by atomic mass is 10.1. The van der Waals surface area contributed by atoms with Gasteiger partial charge in [-0.1, -0.05) is 0 Å². The lowest BCUT2D eigenvalue weighted by molar-refractivity contribution is -0.135. The highest BCUT2D eigenvalue weighted by atomic mass is 19.2. The van der Waals surface area contributed by atoms with Crippen LogP contribution in [0.2, 0.25) is 0 Å². The number of hydrogen-bond donors (Lipinski definition) is 2. The molecule has 0 unspecified atom stereocenters. The van der Waals surface area contributed by atoms with E-state index in [1.165, 1.54) is 12.1 Å². The smallest absolute Gasteiger partial charge is 0.311 e. The Morgan fingerprint density at radius 3 is 2.11 bits per heavy atom. The molecular formula is C26H21F5N2O5. The number of nitrogens with zero attached hydrogens (tertiary/aromatic N) is 1. The van der Waals surface area contributed by atoms with Crippen molar-refractivity contribution in [3.8, 4) is 29.9 Å². The van der Waals surface area contributed by atoms with Crippen LogP contribution in [-0.2, 0) is 9.59 Å². The summed E-state index contributed by atoms with van der Waals surface area (Å²) < 4.78 is 76.3. The average Bonchev–Trinajstić information content (AvgIpc) is 2.90. The van der Waals surface area contributed by atoms with E-state index < -0.39 is 58.0 Å². The van der Waals surface area contributed by atoms with E-state index in [0.717, 1.165) is 0 Å². The lowest BCUT2D eigenvalue weighted by Crippen LogP contribution is -2.15. The molecule has 0 aromatic heterocycles. The van der Waals surface area contributed by atoms with Crippen LogP contribution in [0.25, 0.3) is 0 Å². The van der Waals surface area contributed by atoms with Crippen LogP contribution in [0.3, 0.4) is 0 Å². The molecule has 0 spiro atoms. The Morgan fingerprint density at radius 1 is 0.921 bits per heavy atom. The summed E-state index contributed by atoms with van der Waals surface area (Å²) in [7, 11) is 0. The Bertz CT molecular complexity index is 1270. The second-order valence-electron chi connectivity index (χ2n) is 7.65. The van der Waals surface area contributed by atoms with Gasteiger partial charge in [-0.3, -0.25) is 9.59 Å². The standard InChI is InChI=1S/C26H21F5N2O5/c1-2-3-7-18(34)17(14-32)26(36)33-15-9-11-16(12-10-15)37-13-6-4-5-8-19(35)38-25-23(30)21(28)20(27)22(29)24(25)31/h1,9-12,34H,3-8,13H2,(H,33,36). The quantitative estimate of drug-likeness (QED) is 0.0349. The minimum atomic E-state index is -2.35. The predicted molar refractivity (Wildman–Crippen MR) is 124 cm³/mol. The molecule has 2 N–H and O–H groups in total. The molecule has 0 fully saturated rings. The summed E-state index contributed by atoms with van der Waals surface area (Å²) >= 11 is 0. The molecule has 2 rings (SSSR count). The molecule has 0 saturated heterocycles. The van der Waals surface area contributed by atoms with Gasteiger partial charge in [-0.25, -0.2) is 13.2 Å². The van der Waals surface area contributed by atoms with Crippen molar-refractivity contribution in [3.05, 3.63) is 64.7 Å². The number of carbonyl (C=O) groups excluding carboxylic acids is 2. The van der Waals surface area contributed by atoms with Gasteiger partial charge in [0.05, 0.1) is 6.61 Å². The zero-order chi connectivity index (χ0) is 28.2. The fourth-order valence-electron chi connectivity index (χ4n) is 2.97. The normalized spacial score (nSPS) is 11.1.